The minimum Gasteiger partial charge on any atom is -0.748 e. The number of rotatable bonds is 18. The van der Waals surface area contributed by atoms with Crippen molar-refractivity contribution in [2.24, 2.45) is 0 Å². The van der Waals surface area contributed by atoms with Crippen molar-refractivity contribution in [3.8, 4) is 0 Å². The molecule has 0 N–H and O–H groups in total. The Bertz CT molecular complexity index is 671. The number of benzene rings is 1. The maximum atomic E-state index is 10.8. The SMILES string of the molecule is CCCCCCCCCCCCc1ccccc1C[N+](C)(C)CCCCS(=O)(=O)[O-]. The summed E-state index contributed by atoms with van der Waals surface area (Å²) in [7, 11) is 0.278. The van der Waals surface area contributed by atoms with E-state index in [0.717, 1.165) is 30.4 Å². The summed E-state index contributed by atoms with van der Waals surface area (Å²) in [6.07, 6.45) is 15.9. The van der Waals surface area contributed by atoms with Crippen molar-refractivity contribution in [2.75, 3.05) is 26.4 Å². The molecule has 0 aliphatic carbocycles. The van der Waals surface area contributed by atoms with Crippen LogP contribution in [-0.2, 0) is 23.1 Å². The van der Waals surface area contributed by atoms with Gasteiger partial charge >= 0.3 is 0 Å². The number of quaternary nitrogens is 1. The van der Waals surface area contributed by atoms with Crippen LogP contribution in [0.25, 0.3) is 0 Å². The van der Waals surface area contributed by atoms with Gasteiger partial charge in [-0.25, -0.2) is 8.42 Å². The van der Waals surface area contributed by atoms with Crippen LogP contribution in [0.3, 0.4) is 0 Å². The summed E-state index contributed by atoms with van der Waals surface area (Å²) >= 11 is 0. The van der Waals surface area contributed by atoms with E-state index in [1.54, 1.807) is 0 Å². The molecule has 30 heavy (non-hydrogen) atoms. The molecule has 0 amide bonds. The van der Waals surface area contributed by atoms with Gasteiger partial charge in [-0.1, -0.05) is 89.0 Å². The normalized spacial score (nSPS) is 12.4. The lowest BCUT2D eigenvalue weighted by atomic mass is 9.99. The molecule has 1 rings (SSSR count). The van der Waals surface area contributed by atoms with E-state index in [0.29, 0.717) is 6.42 Å². The number of unbranched alkanes of at least 4 members (excludes halogenated alkanes) is 10. The summed E-state index contributed by atoms with van der Waals surface area (Å²) in [5.74, 6) is -0.248. The van der Waals surface area contributed by atoms with Crippen LogP contribution in [0.4, 0.5) is 0 Å². The Kier molecular flexibility index (Phi) is 13.5. The van der Waals surface area contributed by atoms with E-state index in [9.17, 15) is 13.0 Å². The molecule has 1 aromatic carbocycles. The molecule has 0 aliphatic heterocycles. The van der Waals surface area contributed by atoms with Gasteiger partial charge in [0, 0.05) is 11.3 Å². The molecule has 0 spiro atoms. The molecule has 4 nitrogen and oxygen atoms in total. The van der Waals surface area contributed by atoms with Gasteiger partial charge in [0.05, 0.1) is 30.8 Å². The zero-order chi connectivity index (χ0) is 22.3. The highest BCUT2D eigenvalue weighted by atomic mass is 32.2. The molecule has 0 bridgehead atoms. The molecular weight excluding hydrogens is 394 g/mol. The van der Waals surface area contributed by atoms with Crippen molar-refractivity contribution in [1.82, 2.24) is 0 Å². The van der Waals surface area contributed by atoms with Crippen molar-refractivity contribution in [2.45, 2.75) is 96.9 Å². The first-order valence-electron chi connectivity index (χ1n) is 12.1. The van der Waals surface area contributed by atoms with Gasteiger partial charge in [-0.2, -0.15) is 0 Å². The largest absolute Gasteiger partial charge is 0.748 e. The van der Waals surface area contributed by atoms with E-state index in [2.05, 4.69) is 45.3 Å². The van der Waals surface area contributed by atoms with Crippen molar-refractivity contribution < 1.29 is 17.5 Å². The van der Waals surface area contributed by atoms with Crippen molar-refractivity contribution in [3.63, 3.8) is 0 Å². The maximum Gasteiger partial charge on any atom is 0.104 e. The van der Waals surface area contributed by atoms with Crippen LogP contribution in [0, 0.1) is 0 Å². The van der Waals surface area contributed by atoms with Crippen LogP contribution in [0.5, 0.6) is 0 Å². The minimum absolute atomic E-state index is 0.248. The van der Waals surface area contributed by atoms with Gasteiger partial charge in [-0.05, 0) is 31.2 Å². The summed E-state index contributed by atoms with van der Waals surface area (Å²) in [5.41, 5.74) is 2.85. The quantitative estimate of drug-likeness (QED) is 0.159. The van der Waals surface area contributed by atoms with Gasteiger partial charge in [0.1, 0.15) is 6.54 Å². The number of nitrogens with zero attached hydrogens (tertiary/aromatic N) is 1. The first-order chi connectivity index (χ1) is 14.2. The van der Waals surface area contributed by atoms with E-state index in [1.807, 2.05) is 0 Å². The maximum absolute atomic E-state index is 10.8. The average molecular weight is 440 g/mol. The lowest BCUT2D eigenvalue weighted by Gasteiger charge is -2.31. The molecule has 0 saturated heterocycles. The third-order valence-electron chi connectivity index (χ3n) is 5.92. The van der Waals surface area contributed by atoms with Crippen molar-refractivity contribution in [3.05, 3.63) is 35.4 Å². The summed E-state index contributed by atoms with van der Waals surface area (Å²) in [6.45, 7) is 4.09. The number of hydrogen-bond acceptors (Lipinski definition) is 3. The Hall–Kier alpha value is -0.910. The second-order valence-electron chi connectivity index (χ2n) is 9.49. The molecule has 0 radical (unpaired) electrons. The lowest BCUT2D eigenvalue weighted by molar-refractivity contribution is -0.903. The van der Waals surface area contributed by atoms with E-state index < -0.39 is 10.1 Å². The summed E-state index contributed by atoms with van der Waals surface area (Å²) in [4.78, 5) is 0. The van der Waals surface area contributed by atoms with E-state index >= 15 is 0 Å². The zero-order valence-electron chi connectivity index (χ0n) is 19.7. The number of aryl methyl sites for hydroxylation is 1. The summed E-state index contributed by atoms with van der Waals surface area (Å²) in [5, 5.41) is 0. The Morgan fingerprint density at radius 1 is 0.767 bits per heavy atom. The van der Waals surface area contributed by atoms with Gasteiger partial charge in [0.2, 0.25) is 0 Å². The fourth-order valence-electron chi connectivity index (χ4n) is 4.12. The van der Waals surface area contributed by atoms with E-state index in [-0.39, 0.29) is 5.75 Å². The van der Waals surface area contributed by atoms with Crippen LogP contribution >= 0.6 is 0 Å². The van der Waals surface area contributed by atoms with Crippen LogP contribution in [0.15, 0.2) is 24.3 Å². The van der Waals surface area contributed by atoms with E-state index in [1.165, 1.54) is 75.3 Å². The molecule has 0 atom stereocenters. The molecule has 0 aliphatic rings. The highest BCUT2D eigenvalue weighted by molar-refractivity contribution is 7.85. The van der Waals surface area contributed by atoms with Gasteiger partial charge < -0.3 is 9.04 Å². The first kappa shape index (κ1) is 27.1. The van der Waals surface area contributed by atoms with Gasteiger partial charge in [0.15, 0.2) is 0 Å². The molecule has 5 heteroatoms. The molecule has 174 valence electrons. The van der Waals surface area contributed by atoms with Crippen LogP contribution in [-0.4, -0.2) is 43.8 Å². The fourth-order valence-corrected chi connectivity index (χ4v) is 4.68. The Morgan fingerprint density at radius 2 is 1.30 bits per heavy atom. The van der Waals surface area contributed by atoms with E-state index in [4.69, 9.17) is 0 Å². The van der Waals surface area contributed by atoms with Gasteiger partial charge in [-0.15, -0.1) is 0 Å². The third kappa shape index (κ3) is 14.2. The molecule has 1 aromatic rings. The second-order valence-corrected chi connectivity index (χ2v) is 11.0. The smallest absolute Gasteiger partial charge is 0.104 e. The fraction of sp³-hybridized carbons (Fsp3) is 0.760. The Labute approximate surface area is 186 Å². The first-order valence-corrected chi connectivity index (χ1v) is 13.6. The summed E-state index contributed by atoms with van der Waals surface area (Å²) in [6, 6.07) is 8.73. The monoisotopic (exact) mass is 439 g/mol. The Morgan fingerprint density at radius 3 is 1.87 bits per heavy atom. The Balaban J connectivity index is 2.30. The topological polar surface area (TPSA) is 57.2 Å². The average Bonchev–Trinajstić information content (AvgIpc) is 2.67. The highest BCUT2D eigenvalue weighted by Gasteiger charge is 2.17. The van der Waals surface area contributed by atoms with Crippen LogP contribution < -0.4 is 0 Å². The predicted molar refractivity (Wildman–Crippen MR) is 126 cm³/mol. The molecule has 0 fully saturated rings. The van der Waals surface area contributed by atoms with Crippen LogP contribution in [0.1, 0.15) is 95.1 Å². The second kappa shape index (κ2) is 15.0. The third-order valence-corrected chi connectivity index (χ3v) is 6.71. The van der Waals surface area contributed by atoms with Crippen LogP contribution in [0.2, 0.25) is 0 Å². The summed E-state index contributed by atoms with van der Waals surface area (Å²) < 4.78 is 33.1. The van der Waals surface area contributed by atoms with Crippen molar-refractivity contribution in [1.29, 1.82) is 0 Å². The molecule has 0 saturated carbocycles. The standard InChI is InChI=1S/C25H45NO3S/c1-4-5-6-7-8-9-10-11-12-13-18-24-19-14-15-20-25(24)23-26(2,3)21-16-17-22-30(27,28)29/h14-15,19-20H,4-13,16-18,21-23H2,1-3H3. The lowest BCUT2D eigenvalue weighted by Crippen LogP contribution is -2.40. The van der Waals surface area contributed by atoms with Gasteiger partial charge in [0.25, 0.3) is 0 Å². The van der Waals surface area contributed by atoms with Gasteiger partial charge in [-0.3, -0.25) is 0 Å². The highest BCUT2D eigenvalue weighted by Crippen LogP contribution is 2.19. The zero-order valence-corrected chi connectivity index (χ0v) is 20.5. The van der Waals surface area contributed by atoms with Crippen molar-refractivity contribution >= 4 is 10.1 Å². The molecule has 0 aromatic heterocycles. The number of hydrogen-bond donors (Lipinski definition) is 0. The molecular formula is C25H45NO3S. The molecule has 0 unspecified atom stereocenters. The predicted octanol–water partition coefficient (Wildman–Crippen LogP) is 6.05. The molecule has 0 heterocycles. The minimum atomic E-state index is -4.09.